The van der Waals surface area contributed by atoms with E-state index in [2.05, 4.69) is 6.92 Å². The minimum atomic E-state index is -0.382. The van der Waals surface area contributed by atoms with Crippen LogP contribution in [0.2, 0.25) is 0 Å². The Morgan fingerprint density at radius 3 is 2.26 bits per heavy atom. The quantitative estimate of drug-likeness (QED) is 0.838. The highest BCUT2D eigenvalue weighted by molar-refractivity contribution is 5.89. The van der Waals surface area contributed by atoms with E-state index < -0.39 is 0 Å². The third-order valence-electron chi connectivity index (χ3n) is 4.93. The first-order chi connectivity index (χ1) is 8.86. The normalized spacial score (nSPS) is 25.4. The third-order valence-corrected chi connectivity index (χ3v) is 4.93. The molecule has 1 aromatic carbocycles. The minimum Gasteiger partial charge on any atom is -0.497 e. The standard InChI is InChI=1S/C16H22O3/c1-15(2)14(17)8-9-16(15,3)12-10-11(18-4)6-7-13(12)19-5/h6-7,10H,8-9H2,1-5H3. The summed E-state index contributed by atoms with van der Waals surface area (Å²) in [5, 5.41) is 0. The molecule has 0 saturated heterocycles. The molecular weight excluding hydrogens is 240 g/mol. The van der Waals surface area contributed by atoms with E-state index in [1.54, 1.807) is 14.2 Å². The Labute approximate surface area is 114 Å². The van der Waals surface area contributed by atoms with Gasteiger partial charge in [-0.3, -0.25) is 4.79 Å². The Bertz CT molecular complexity index is 505. The van der Waals surface area contributed by atoms with Crippen molar-refractivity contribution < 1.29 is 14.3 Å². The van der Waals surface area contributed by atoms with Crippen molar-refractivity contribution in [3.8, 4) is 11.5 Å². The topological polar surface area (TPSA) is 35.5 Å². The van der Waals surface area contributed by atoms with Crippen LogP contribution in [0.15, 0.2) is 18.2 Å². The average Bonchev–Trinajstić information content (AvgIpc) is 2.62. The lowest BCUT2D eigenvalue weighted by atomic mass is 9.64. The lowest BCUT2D eigenvalue weighted by Gasteiger charge is -2.38. The molecule has 0 spiro atoms. The van der Waals surface area contributed by atoms with Crippen LogP contribution in [-0.2, 0) is 10.2 Å². The molecule has 1 aliphatic carbocycles. The first-order valence-electron chi connectivity index (χ1n) is 6.62. The predicted octanol–water partition coefficient (Wildman–Crippen LogP) is 3.35. The van der Waals surface area contributed by atoms with E-state index in [0.29, 0.717) is 12.2 Å². The second kappa shape index (κ2) is 4.55. The van der Waals surface area contributed by atoms with Gasteiger partial charge in [0.15, 0.2) is 0 Å². The second-order valence-corrected chi connectivity index (χ2v) is 5.95. The molecular formula is C16H22O3. The molecule has 0 radical (unpaired) electrons. The largest absolute Gasteiger partial charge is 0.497 e. The summed E-state index contributed by atoms with van der Waals surface area (Å²) in [6.45, 7) is 6.21. The highest BCUT2D eigenvalue weighted by atomic mass is 16.5. The van der Waals surface area contributed by atoms with Crippen LogP contribution in [0, 0.1) is 5.41 Å². The lowest BCUT2D eigenvalue weighted by Crippen LogP contribution is -2.38. The number of rotatable bonds is 3. The van der Waals surface area contributed by atoms with Crippen LogP contribution in [0.4, 0.5) is 0 Å². The molecule has 2 rings (SSSR count). The summed E-state index contributed by atoms with van der Waals surface area (Å²) in [5.41, 5.74) is 0.460. The zero-order valence-electron chi connectivity index (χ0n) is 12.4. The molecule has 0 N–H and O–H groups in total. The van der Waals surface area contributed by atoms with E-state index in [1.165, 1.54) is 0 Å². The first-order valence-corrected chi connectivity index (χ1v) is 6.62. The number of hydrogen-bond acceptors (Lipinski definition) is 3. The third kappa shape index (κ3) is 1.92. The number of benzene rings is 1. The van der Waals surface area contributed by atoms with Crippen LogP contribution < -0.4 is 9.47 Å². The van der Waals surface area contributed by atoms with Crippen LogP contribution in [0.5, 0.6) is 11.5 Å². The summed E-state index contributed by atoms with van der Waals surface area (Å²) >= 11 is 0. The lowest BCUT2D eigenvalue weighted by molar-refractivity contribution is -0.125. The van der Waals surface area contributed by atoms with Crippen LogP contribution in [0.25, 0.3) is 0 Å². The number of ether oxygens (including phenoxy) is 2. The Morgan fingerprint density at radius 2 is 1.79 bits per heavy atom. The number of methoxy groups -OCH3 is 2. The molecule has 1 atom stereocenters. The first kappa shape index (κ1) is 13.9. The molecule has 0 amide bonds. The van der Waals surface area contributed by atoms with Gasteiger partial charge >= 0.3 is 0 Å². The van der Waals surface area contributed by atoms with Gasteiger partial charge < -0.3 is 9.47 Å². The summed E-state index contributed by atoms with van der Waals surface area (Å²) < 4.78 is 10.8. The van der Waals surface area contributed by atoms with Gasteiger partial charge in [0.05, 0.1) is 14.2 Å². The van der Waals surface area contributed by atoms with Gasteiger partial charge in [-0.15, -0.1) is 0 Å². The number of Topliss-reactive ketones (excluding diaryl/α,β-unsaturated/α-hetero) is 1. The van der Waals surface area contributed by atoms with Gasteiger partial charge in [0, 0.05) is 22.8 Å². The van der Waals surface area contributed by atoms with Crippen molar-refractivity contribution >= 4 is 5.78 Å². The van der Waals surface area contributed by atoms with Crippen LogP contribution in [-0.4, -0.2) is 20.0 Å². The van der Waals surface area contributed by atoms with Gasteiger partial charge in [0.1, 0.15) is 17.3 Å². The van der Waals surface area contributed by atoms with Crippen molar-refractivity contribution in [2.24, 2.45) is 5.41 Å². The Kier molecular flexibility index (Phi) is 3.33. The number of ketones is 1. The number of hydrogen-bond donors (Lipinski definition) is 0. The van der Waals surface area contributed by atoms with Crippen molar-refractivity contribution in [3.05, 3.63) is 23.8 Å². The Hall–Kier alpha value is -1.51. The smallest absolute Gasteiger partial charge is 0.139 e. The van der Waals surface area contributed by atoms with Gasteiger partial charge in [-0.25, -0.2) is 0 Å². The fraction of sp³-hybridized carbons (Fsp3) is 0.562. The summed E-state index contributed by atoms with van der Waals surface area (Å²) in [7, 11) is 3.32. The fourth-order valence-electron chi connectivity index (χ4n) is 3.01. The summed E-state index contributed by atoms with van der Waals surface area (Å²) in [5.74, 6) is 1.94. The molecule has 0 heterocycles. The van der Waals surface area contributed by atoms with Gasteiger partial charge in [-0.2, -0.15) is 0 Å². The second-order valence-electron chi connectivity index (χ2n) is 5.95. The van der Waals surface area contributed by atoms with E-state index in [-0.39, 0.29) is 10.8 Å². The molecule has 1 aliphatic rings. The molecule has 0 bridgehead atoms. The molecule has 1 fully saturated rings. The van der Waals surface area contributed by atoms with Crippen molar-refractivity contribution in [2.75, 3.05) is 14.2 Å². The van der Waals surface area contributed by atoms with Crippen LogP contribution in [0.1, 0.15) is 39.2 Å². The van der Waals surface area contributed by atoms with E-state index in [1.807, 2.05) is 32.0 Å². The monoisotopic (exact) mass is 262 g/mol. The van der Waals surface area contributed by atoms with Crippen LogP contribution in [0.3, 0.4) is 0 Å². The minimum absolute atomic E-state index is 0.218. The molecule has 3 heteroatoms. The predicted molar refractivity (Wildman–Crippen MR) is 74.9 cm³/mol. The molecule has 3 nitrogen and oxygen atoms in total. The molecule has 19 heavy (non-hydrogen) atoms. The molecule has 1 saturated carbocycles. The molecule has 1 unspecified atom stereocenters. The fourth-order valence-corrected chi connectivity index (χ4v) is 3.01. The van der Waals surface area contributed by atoms with E-state index in [4.69, 9.17) is 9.47 Å². The highest BCUT2D eigenvalue weighted by Gasteiger charge is 2.53. The molecule has 0 aliphatic heterocycles. The van der Waals surface area contributed by atoms with Gasteiger partial charge in [0.2, 0.25) is 0 Å². The Morgan fingerprint density at radius 1 is 1.11 bits per heavy atom. The summed E-state index contributed by atoms with van der Waals surface area (Å²) in [6, 6.07) is 5.80. The summed E-state index contributed by atoms with van der Waals surface area (Å²) in [6.07, 6.45) is 1.48. The molecule has 104 valence electrons. The van der Waals surface area contributed by atoms with Crippen molar-refractivity contribution in [1.29, 1.82) is 0 Å². The number of carbonyl (C=O) groups is 1. The maximum Gasteiger partial charge on any atom is 0.139 e. The van der Waals surface area contributed by atoms with Crippen molar-refractivity contribution in [3.63, 3.8) is 0 Å². The maximum absolute atomic E-state index is 12.2. The van der Waals surface area contributed by atoms with E-state index >= 15 is 0 Å². The zero-order valence-corrected chi connectivity index (χ0v) is 12.4. The van der Waals surface area contributed by atoms with Crippen molar-refractivity contribution in [2.45, 2.75) is 39.0 Å². The van der Waals surface area contributed by atoms with Gasteiger partial charge in [-0.05, 0) is 24.6 Å². The SMILES string of the molecule is COc1ccc(OC)c(C2(C)CCC(=O)C2(C)C)c1. The van der Waals surface area contributed by atoms with E-state index in [0.717, 1.165) is 23.5 Å². The zero-order chi connectivity index (χ0) is 14.3. The molecule has 1 aromatic rings. The van der Waals surface area contributed by atoms with Crippen molar-refractivity contribution in [1.82, 2.24) is 0 Å². The summed E-state index contributed by atoms with van der Waals surface area (Å²) in [4.78, 5) is 12.2. The van der Waals surface area contributed by atoms with Crippen LogP contribution >= 0.6 is 0 Å². The van der Waals surface area contributed by atoms with Gasteiger partial charge in [0.25, 0.3) is 0 Å². The number of carbonyl (C=O) groups excluding carboxylic acids is 1. The average molecular weight is 262 g/mol. The van der Waals surface area contributed by atoms with E-state index in [9.17, 15) is 4.79 Å². The molecule has 0 aromatic heterocycles. The van der Waals surface area contributed by atoms with Gasteiger partial charge in [-0.1, -0.05) is 20.8 Å². The maximum atomic E-state index is 12.2. The Balaban J connectivity index is 2.60. The highest BCUT2D eigenvalue weighted by Crippen LogP contribution is 2.54.